The molecule has 2 aromatic heterocycles. The van der Waals surface area contributed by atoms with E-state index in [0.717, 1.165) is 12.8 Å². The smallest absolute Gasteiger partial charge is 0.255 e. The molecule has 0 bridgehead atoms. The lowest BCUT2D eigenvalue weighted by Crippen LogP contribution is -2.43. The van der Waals surface area contributed by atoms with Crippen LogP contribution in [-0.4, -0.2) is 68.6 Å². The molecule has 10 heteroatoms. The summed E-state index contributed by atoms with van der Waals surface area (Å²) in [6.07, 6.45) is 3.07. The topological polar surface area (TPSA) is 120 Å². The molecule has 0 radical (unpaired) electrons. The fraction of sp³-hybridized carbons (Fsp3) is 0.440. The number of aliphatic hydroxyl groups is 1. The van der Waals surface area contributed by atoms with E-state index in [9.17, 15) is 19.1 Å². The van der Waals surface area contributed by atoms with E-state index in [1.165, 1.54) is 18.5 Å². The van der Waals surface area contributed by atoms with Crippen molar-refractivity contribution in [3.63, 3.8) is 0 Å². The van der Waals surface area contributed by atoms with Crippen LogP contribution in [0.15, 0.2) is 24.5 Å². The van der Waals surface area contributed by atoms with Gasteiger partial charge in [-0.15, -0.1) is 0 Å². The van der Waals surface area contributed by atoms with Crippen LogP contribution in [0, 0.1) is 18.7 Å². The van der Waals surface area contributed by atoms with Gasteiger partial charge in [-0.1, -0.05) is 6.92 Å². The highest BCUT2D eigenvalue weighted by atomic mass is 19.1. The number of likely N-dealkylation sites (tertiary alicyclic amines) is 1. The van der Waals surface area contributed by atoms with Crippen LogP contribution in [0.4, 0.5) is 4.39 Å². The van der Waals surface area contributed by atoms with Crippen molar-refractivity contribution in [1.82, 2.24) is 25.2 Å². The summed E-state index contributed by atoms with van der Waals surface area (Å²) >= 11 is 0. The molecule has 2 fully saturated rings. The number of aliphatic hydroxyl groups excluding tert-OH is 1. The lowest BCUT2D eigenvalue weighted by Gasteiger charge is -2.16. The van der Waals surface area contributed by atoms with E-state index in [-0.39, 0.29) is 19.0 Å². The predicted molar refractivity (Wildman–Crippen MR) is 126 cm³/mol. The maximum atomic E-state index is 14.0. The first kappa shape index (κ1) is 23.2. The van der Waals surface area contributed by atoms with E-state index in [0.29, 0.717) is 58.2 Å². The summed E-state index contributed by atoms with van der Waals surface area (Å²) in [4.78, 5) is 38.8. The van der Waals surface area contributed by atoms with Crippen molar-refractivity contribution in [2.45, 2.75) is 45.3 Å². The Bertz CT molecular complexity index is 1290. The lowest BCUT2D eigenvalue weighted by atomic mass is 10.1. The Balaban J connectivity index is 1.45. The van der Waals surface area contributed by atoms with Gasteiger partial charge in [-0.2, -0.15) is 0 Å². The number of nitrogens with zero attached hydrogens (tertiary/aromatic N) is 3. The number of rotatable bonds is 7. The zero-order valence-corrected chi connectivity index (χ0v) is 19.7. The second kappa shape index (κ2) is 9.26. The van der Waals surface area contributed by atoms with Gasteiger partial charge in [0, 0.05) is 36.8 Å². The summed E-state index contributed by atoms with van der Waals surface area (Å²) < 4.78 is 19.9. The van der Waals surface area contributed by atoms with E-state index in [2.05, 4.69) is 20.3 Å². The molecule has 0 unspecified atom stereocenters. The van der Waals surface area contributed by atoms with Crippen molar-refractivity contribution in [3.05, 3.63) is 41.6 Å². The summed E-state index contributed by atoms with van der Waals surface area (Å²) in [7, 11) is 0. The number of hydrogen-bond acceptors (Lipinski definition) is 6. The molecule has 3 heterocycles. The van der Waals surface area contributed by atoms with Gasteiger partial charge >= 0.3 is 0 Å². The molecule has 9 nitrogen and oxygen atoms in total. The fourth-order valence-corrected chi connectivity index (χ4v) is 4.50. The highest BCUT2D eigenvalue weighted by Crippen LogP contribution is 2.36. The largest absolute Gasteiger partial charge is 0.492 e. The first-order chi connectivity index (χ1) is 16.9. The number of aryl methyl sites for hydroxylation is 1. The monoisotopic (exact) mass is 481 g/mol. The van der Waals surface area contributed by atoms with E-state index < -0.39 is 23.9 Å². The van der Waals surface area contributed by atoms with Crippen LogP contribution < -0.4 is 10.1 Å². The van der Waals surface area contributed by atoms with E-state index in [4.69, 9.17) is 4.74 Å². The molecule has 1 aromatic carbocycles. The Morgan fingerprint density at radius 3 is 2.83 bits per heavy atom. The minimum absolute atomic E-state index is 0.0690. The van der Waals surface area contributed by atoms with Crippen molar-refractivity contribution in [2.24, 2.45) is 5.92 Å². The number of benzene rings is 1. The number of aromatic amines is 1. The number of ether oxygens (including phenoxy) is 1. The molecule has 3 N–H and O–H groups in total. The molecule has 2 atom stereocenters. The average molecular weight is 482 g/mol. The zero-order chi connectivity index (χ0) is 24.7. The first-order valence-corrected chi connectivity index (χ1v) is 11.9. The Morgan fingerprint density at radius 1 is 1.29 bits per heavy atom. The summed E-state index contributed by atoms with van der Waals surface area (Å²) in [5.41, 5.74) is 2.97. The highest BCUT2D eigenvalue weighted by molar-refractivity contribution is 6.09. The molecule has 0 spiro atoms. The number of β-amino-alcohol motifs (C(OH)–C–C–N with tert-alkyl or cyclic N) is 1. The second-order valence-corrected chi connectivity index (χ2v) is 9.27. The standard InChI is InChI=1S/C25H28FN5O4/c1-3-20(33)31-9-17(18(32)10-31)30-25(34)21-13(2)29-24-22(27-12-28-23(21)24)16-7-6-15(26)8-19(16)35-11-14-4-5-14/h6-8,12,14,17-18,29,32H,3-5,9-11H2,1-2H3,(H,30,34)/t17-,18-/m0/s1. The summed E-state index contributed by atoms with van der Waals surface area (Å²) in [5, 5.41) is 13.2. The Morgan fingerprint density at radius 2 is 2.09 bits per heavy atom. The molecule has 1 aliphatic carbocycles. The molecule has 5 rings (SSSR count). The summed E-state index contributed by atoms with van der Waals surface area (Å²) in [5.74, 6) is 0.00952. The van der Waals surface area contributed by atoms with Gasteiger partial charge in [0.15, 0.2) is 0 Å². The maximum Gasteiger partial charge on any atom is 0.255 e. The number of nitrogens with one attached hydrogen (secondary N) is 2. The molecule has 35 heavy (non-hydrogen) atoms. The third-order valence-electron chi connectivity index (χ3n) is 6.63. The number of carbonyl (C=O) groups excluding carboxylic acids is 2. The minimum Gasteiger partial charge on any atom is -0.492 e. The third kappa shape index (κ3) is 4.58. The number of aromatic nitrogens is 3. The van der Waals surface area contributed by atoms with E-state index in [1.54, 1.807) is 24.8 Å². The molecule has 184 valence electrons. The van der Waals surface area contributed by atoms with Gasteiger partial charge in [-0.3, -0.25) is 9.59 Å². The van der Waals surface area contributed by atoms with Gasteiger partial charge in [0.2, 0.25) is 5.91 Å². The predicted octanol–water partition coefficient (Wildman–Crippen LogP) is 2.57. The zero-order valence-electron chi connectivity index (χ0n) is 19.7. The van der Waals surface area contributed by atoms with Crippen molar-refractivity contribution in [2.75, 3.05) is 19.7 Å². The van der Waals surface area contributed by atoms with E-state index >= 15 is 0 Å². The number of fused-ring (bicyclic) bond motifs is 1. The normalized spacial score (nSPS) is 19.8. The van der Waals surface area contributed by atoms with Crippen molar-refractivity contribution >= 4 is 22.8 Å². The van der Waals surface area contributed by atoms with Crippen LogP contribution >= 0.6 is 0 Å². The van der Waals surface area contributed by atoms with Gasteiger partial charge in [-0.25, -0.2) is 14.4 Å². The Kier molecular flexibility index (Phi) is 6.14. The van der Waals surface area contributed by atoms with Crippen LogP contribution in [-0.2, 0) is 4.79 Å². The lowest BCUT2D eigenvalue weighted by molar-refractivity contribution is -0.130. The Labute approximate surface area is 201 Å². The van der Waals surface area contributed by atoms with Crippen LogP contribution in [0.25, 0.3) is 22.3 Å². The summed E-state index contributed by atoms with van der Waals surface area (Å²) in [6.45, 7) is 4.47. The van der Waals surface area contributed by atoms with Crippen molar-refractivity contribution in [3.8, 4) is 17.0 Å². The van der Waals surface area contributed by atoms with Gasteiger partial charge < -0.3 is 25.0 Å². The molecular formula is C25H28FN5O4. The van der Waals surface area contributed by atoms with Crippen molar-refractivity contribution < 1.29 is 23.8 Å². The quantitative estimate of drug-likeness (QED) is 0.477. The molecule has 2 amide bonds. The van der Waals surface area contributed by atoms with Crippen molar-refractivity contribution in [1.29, 1.82) is 0 Å². The number of halogens is 1. The summed E-state index contributed by atoms with van der Waals surface area (Å²) in [6, 6.07) is 3.73. The highest BCUT2D eigenvalue weighted by Gasteiger charge is 2.35. The van der Waals surface area contributed by atoms with Crippen LogP contribution in [0.2, 0.25) is 0 Å². The number of carbonyl (C=O) groups is 2. The average Bonchev–Trinajstić information content (AvgIpc) is 3.51. The molecule has 1 aliphatic heterocycles. The SMILES string of the molecule is CCC(=O)N1C[C@H](NC(=O)c2c(C)[nH]c3c(-c4ccc(F)cc4OCC4CC4)ncnc23)[C@@H](O)C1. The molecule has 1 saturated heterocycles. The minimum atomic E-state index is -0.851. The van der Waals surface area contributed by atoms with Gasteiger partial charge in [0.25, 0.3) is 5.91 Å². The van der Waals surface area contributed by atoms with Gasteiger partial charge in [0.05, 0.1) is 29.8 Å². The Hall–Kier alpha value is -3.53. The first-order valence-electron chi connectivity index (χ1n) is 11.9. The van der Waals surface area contributed by atoms with Gasteiger partial charge in [0.1, 0.15) is 29.1 Å². The molecular weight excluding hydrogens is 453 g/mol. The van der Waals surface area contributed by atoms with E-state index in [1.807, 2.05) is 0 Å². The van der Waals surface area contributed by atoms with Crippen LogP contribution in [0.3, 0.4) is 0 Å². The molecule has 2 aliphatic rings. The van der Waals surface area contributed by atoms with Gasteiger partial charge in [-0.05, 0) is 37.8 Å². The fourth-order valence-electron chi connectivity index (χ4n) is 4.50. The molecule has 1 saturated carbocycles. The third-order valence-corrected chi connectivity index (χ3v) is 6.63. The van der Waals surface area contributed by atoms with Crippen LogP contribution in [0.1, 0.15) is 42.2 Å². The number of hydrogen-bond donors (Lipinski definition) is 3. The number of amides is 2. The number of H-pyrrole nitrogens is 1. The second-order valence-electron chi connectivity index (χ2n) is 9.27. The van der Waals surface area contributed by atoms with Crippen LogP contribution in [0.5, 0.6) is 5.75 Å². The molecule has 3 aromatic rings. The maximum absolute atomic E-state index is 14.0.